The Morgan fingerprint density at radius 2 is 1.78 bits per heavy atom. The summed E-state index contributed by atoms with van der Waals surface area (Å²) in [7, 11) is 0. The molecule has 0 atom stereocenters. The van der Waals surface area contributed by atoms with Crippen molar-refractivity contribution in [3.8, 4) is 0 Å². The maximum absolute atomic E-state index is 12.3. The van der Waals surface area contributed by atoms with Crippen LogP contribution >= 0.6 is 0 Å². The molecular weight excluding hydrogens is 338 g/mol. The Bertz CT molecular complexity index is 634. The van der Waals surface area contributed by atoms with Crippen molar-refractivity contribution in [3.05, 3.63) is 23.8 Å². The van der Waals surface area contributed by atoms with E-state index in [4.69, 9.17) is 0 Å². The standard InChI is InChI=1S/C22H35N3O2/c1-5-24(6-2)20-12-13-21(17(3)16-20)25(18(4)26)15-14-23-22(27)19-10-8-7-9-11-19/h12-13,16,19H,5-11,14-15H2,1-4H3,(H,23,27). The van der Waals surface area contributed by atoms with Crippen molar-refractivity contribution < 1.29 is 9.59 Å². The maximum atomic E-state index is 12.3. The van der Waals surface area contributed by atoms with Gasteiger partial charge in [0, 0.05) is 50.4 Å². The fourth-order valence-corrected chi connectivity index (χ4v) is 3.98. The predicted octanol–water partition coefficient (Wildman–Crippen LogP) is 3.89. The summed E-state index contributed by atoms with van der Waals surface area (Å²) in [6.45, 7) is 10.8. The van der Waals surface area contributed by atoms with Gasteiger partial charge in [0.05, 0.1) is 0 Å². The zero-order valence-corrected chi connectivity index (χ0v) is 17.4. The first-order valence-electron chi connectivity index (χ1n) is 10.4. The summed E-state index contributed by atoms with van der Waals surface area (Å²) in [6, 6.07) is 6.23. The summed E-state index contributed by atoms with van der Waals surface area (Å²) < 4.78 is 0. The fraction of sp³-hybridized carbons (Fsp3) is 0.636. The first-order chi connectivity index (χ1) is 13.0. The number of benzene rings is 1. The Hall–Kier alpha value is -2.04. The largest absolute Gasteiger partial charge is 0.372 e. The second kappa shape index (κ2) is 10.3. The molecule has 0 radical (unpaired) electrons. The van der Waals surface area contributed by atoms with Crippen molar-refractivity contribution in [1.82, 2.24) is 5.32 Å². The van der Waals surface area contributed by atoms with Crippen LogP contribution in [0.5, 0.6) is 0 Å². The number of rotatable bonds is 8. The molecule has 150 valence electrons. The van der Waals surface area contributed by atoms with Gasteiger partial charge in [-0.1, -0.05) is 19.3 Å². The summed E-state index contributed by atoms with van der Waals surface area (Å²) in [4.78, 5) is 28.6. The molecule has 5 nitrogen and oxygen atoms in total. The molecule has 0 unspecified atom stereocenters. The molecule has 1 fully saturated rings. The highest BCUT2D eigenvalue weighted by Crippen LogP contribution is 2.26. The normalized spacial score (nSPS) is 14.7. The number of carbonyl (C=O) groups excluding carboxylic acids is 2. The molecule has 0 saturated heterocycles. The molecule has 0 spiro atoms. The van der Waals surface area contributed by atoms with Gasteiger partial charge < -0.3 is 15.1 Å². The highest BCUT2D eigenvalue weighted by atomic mass is 16.2. The molecule has 2 rings (SSSR count). The molecule has 0 aromatic heterocycles. The van der Waals surface area contributed by atoms with Gasteiger partial charge in [-0.15, -0.1) is 0 Å². The quantitative estimate of drug-likeness (QED) is 0.752. The Morgan fingerprint density at radius 1 is 1.11 bits per heavy atom. The van der Waals surface area contributed by atoms with Crippen LogP contribution in [0.4, 0.5) is 11.4 Å². The average Bonchev–Trinajstić information content (AvgIpc) is 2.67. The van der Waals surface area contributed by atoms with Gasteiger partial charge in [0.15, 0.2) is 0 Å². The summed E-state index contributed by atoms with van der Waals surface area (Å²) >= 11 is 0. The molecule has 0 heterocycles. The number of aryl methyl sites for hydroxylation is 1. The van der Waals surface area contributed by atoms with Crippen molar-refractivity contribution in [2.24, 2.45) is 5.92 Å². The Balaban J connectivity index is 2.00. The van der Waals surface area contributed by atoms with Crippen LogP contribution < -0.4 is 15.1 Å². The van der Waals surface area contributed by atoms with Gasteiger partial charge in [0.25, 0.3) is 0 Å². The van der Waals surface area contributed by atoms with Gasteiger partial charge in [-0.25, -0.2) is 0 Å². The van der Waals surface area contributed by atoms with Crippen LogP contribution in [-0.2, 0) is 9.59 Å². The van der Waals surface area contributed by atoms with Crippen molar-refractivity contribution in [1.29, 1.82) is 0 Å². The van der Waals surface area contributed by atoms with Gasteiger partial charge in [0.2, 0.25) is 11.8 Å². The molecule has 1 aromatic rings. The number of nitrogens with zero attached hydrogens (tertiary/aromatic N) is 2. The van der Waals surface area contributed by atoms with Crippen LogP contribution in [0.1, 0.15) is 58.4 Å². The average molecular weight is 374 g/mol. The van der Waals surface area contributed by atoms with Crippen LogP contribution in [0.3, 0.4) is 0 Å². The SMILES string of the molecule is CCN(CC)c1ccc(N(CCNC(=O)C2CCCCC2)C(C)=O)c(C)c1. The lowest BCUT2D eigenvalue weighted by atomic mass is 9.89. The molecule has 1 N–H and O–H groups in total. The molecular formula is C22H35N3O2. The molecule has 0 bridgehead atoms. The van der Waals surface area contributed by atoms with Crippen LogP contribution in [0.25, 0.3) is 0 Å². The highest BCUT2D eigenvalue weighted by molar-refractivity contribution is 5.92. The Labute approximate surface area is 164 Å². The van der Waals surface area contributed by atoms with Crippen LogP contribution in [0, 0.1) is 12.8 Å². The van der Waals surface area contributed by atoms with E-state index in [0.29, 0.717) is 13.1 Å². The topological polar surface area (TPSA) is 52.6 Å². The smallest absolute Gasteiger partial charge is 0.223 e. The highest BCUT2D eigenvalue weighted by Gasteiger charge is 2.21. The van der Waals surface area contributed by atoms with Crippen LogP contribution in [0.2, 0.25) is 0 Å². The van der Waals surface area contributed by atoms with Crippen LogP contribution in [-0.4, -0.2) is 38.0 Å². The van der Waals surface area contributed by atoms with Gasteiger partial charge in [-0.05, 0) is 57.4 Å². The van der Waals surface area contributed by atoms with E-state index in [-0.39, 0.29) is 17.7 Å². The van der Waals surface area contributed by atoms with Crippen molar-refractivity contribution in [2.75, 3.05) is 36.0 Å². The fourth-order valence-electron chi connectivity index (χ4n) is 3.98. The predicted molar refractivity (Wildman–Crippen MR) is 112 cm³/mol. The monoisotopic (exact) mass is 373 g/mol. The summed E-state index contributed by atoms with van der Waals surface area (Å²) in [5.74, 6) is 0.298. The minimum Gasteiger partial charge on any atom is -0.372 e. The maximum Gasteiger partial charge on any atom is 0.223 e. The number of carbonyl (C=O) groups is 2. The van der Waals surface area contributed by atoms with Gasteiger partial charge in [-0.3, -0.25) is 9.59 Å². The van der Waals surface area contributed by atoms with Crippen LogP contribution in [0.15, 0.2) is 18.2 Å². The van der Waals surface area contributed by atoms with Gasteiger partial charge in [-0.2, -0.15) is 0 Å². The zero-order chi connectivity index (χ0) is 19.8. The summed E-state index contributed by atoms with van der Waals surface area (Å²) in [5, 5.41) is 3.03. The number of amides is 2. The van der Waals surface area contributed by atoms with E-state index in [1.807, 2.05) is 13.0 Å². The van der Waals surface area contributed by atoms with Crippen molar-refractivity contribution in [3.63, 3.8) is 0 Å². The van der Waals surface area contributed by atoms with E-state index in [1.165, 1.54) is 12.1 Å². The van der Waals surface area contributed by atoms with Crippen molar-refractivity contribution in [2.45, 2.75) is 59.8 Å². The third-order valence-corrected chi connectivity index (χ3v) is 5.59. The zero-order valence-electron chi connectivity index (χ0n) is 17.4. The third kappa shape index (κ3) is 5.72. The second-order valence-electron chi connectivity index (χ2n) is 7.44. The van der Waals surface area contributed by atoms with E-state index in [1.54, 1.807) is 11.8 Å². The second-order valence-corrected chi connectivity index (χ2v) is 7.44. The molecule has 1 aliphatic carbocycles. The molecule has 0 aliphatic heterocycles. The Morgan fingerprint density at radius 3 is 2.33 bits per heavy atom. The lowest BCUT2D eigenvalue weighted by Crippen LogP contribution is -2.40. The molecule has 1 aromatic carbocycles. The minimum absolute atomic E-state index is 0.000560. The first-order valence-corrected chi connectivity index (χ1v) is 10.4. The summed E-state index contributed by atoms with van der Waals surface area (Å²) in [6.07, 6.45) is 5.53. The number of hydrogen-bond donors (Lipinski definition) is 1. The Kier molecular flexibility index (Phi) is 8.14. The number of anilines is 2. The van der Waals surface area contributed by atoms with E-state index in [9.17, 15) is 9.59 Å². The lowest BCUT2D eigenvalue weighted by molar-refractivity contribution is -0.126. The van der Waals surface area contributed by atoms with E-state index in [2.05, 4.69) is 36.2 Å². The summed E-state index contributed by atoms with van der Waals surface area (Å²) in [5.41, 5.74) is 3.17. The van der Waals surface area contributed by atoms with E-state index >= 15 is 0 Å². The van der Waals surface area contributed by atoms with E-state index < -0.39 is 0 Å². The first kappa shape index (κ1) is 21.3. The lowest BCUT2D eigenvalue weighted by Gasteiger charge is -2.27. The molecule has 27 heavy (non-hydrogen) atoms. The molecule has 5 heteroatoms. The van der Waals surface area contributed by atoms with Gasteiger partial charge >= 0.3 is 0 Å². The third-order valence-electron chi connectivity index (χ3n) is 5.59. The molecule has 1 aliphatic rings. The molecule has 1 saturated carbocycles. The number of nitrogens with one attached hydrogen (secondary N) is 1. The van der Waals surface area contributed by atoms with E-state index in [0.717, 1.165) is 50.0 Å². The molecule has 2 amide bonds. The number of hydrogen-bond acceptors (Lipinski definition) is 3. The van der Waals surface area contributed by atoms with Gasteiger partial charge in [0.1, 0.15) is 0 Å². The van der Waals surface area contributed by atoms with Crippen molar-refractivity contribution >= 4 is 23.2 Å². The minimum atomic E-state index is 0.000560.